The minimum Gasteiger partial charge on any atom is -0.279 e. The largest absolute Gasteiger partial charge is 0.279 e. The fraction of sp³-hybridized carbons (Fsp3) is 0.214. The molecule has 4 rings (SSSR count). The third-order valence-electron chi connectivity index (χ3n) is 6.22. The summed E-state index contributed by atoms with van der Waals surface area (Å²) in [7, 11) is -7.85. The summed E-state index contributed by atoms with van der Waals surface area (Å²) in [6, 6.07) is 16.0. The van der Waals surface area contributed by atoms with E-state index in [-0.39, 0.29) is 9.79 Å². The summed E-state index contributed by atoms with van der Waals surface area (Å²) in [6.07, 6.45) is 0. The van der Waals surface area contributed by atoms with Gasteiger partial charge in [0.05, 0.1) is 21.2 Å². The maximum Gasteiger partial charge on any atom is 0.262 e. The Hall–Kier alpha value is -2.88. The van der Waals surface area contributed by atoms with Crippen molar-refractivity contribution in [2.45, 2.75) is 51.3 Å². The summed E-state index contributed by atoms with van der Waals surface area (Å²) >= 11 is 3.48. The number of sulfonamides is 2. The first-order valence-electron chi connectivity index (χ1n) is 11.6. The van der Waals surface area contributed by atoms with Crippen LogP contribution in [0.5, 0.6) is 0 Å². The molecular weight excluding hydrogens is 572 g/mol. The monoisotopic (exact) mass is 600 g/mol. The van der Waals surface area contributed by atoms with Crippen LogP contribution in [0.25, 0.3) is 10.8 Å². The van der Waals surface area contributed by atoms with Crippen LogP contribution in [0.15, 0.2) is 68.9 Å². The van der Waals surface area contributed by atoms with Crippen LogP contribution in [0.1, 0.15) is 33.4 Å². The van der Waals surface area contributed by atoms with Gasteiger partial charge < -0.3 is 0 Å². The number of hydrogen-bond acceptors (Lipinski definition) is 4. The highest BCUT2D eigenvalue weighted by Crippen LogP contribution is 2.39. The topological polar surface area (TPSA) is 92.3 Å². The molecule has 0 aromatic heterocycles. The van der Waals surface area contributed by atoms with Gasteiger partial charge in [-0.1, -0.05) is 59.7 Å². The van der Waals surface area contributed by atoms with Gasteiger partial charge in [-0.05, 0) is 85.8 Å². The van der Waals surface area contributed by atoms with E-state index in [1.165, 1.54) is 0 Å². The Morgan fingerprint density at radius 3 is 1.46 bits per heavy atom. The predicted molar refractivity (Wildman–Crippen MR) is 155 cm³/mol. The second-order valence-corrected chi connectivity index (χ2v) is 13.6. The summed E-state index contributed by atoms with van der Waals surface area (Å²) in [5, 5.41) is 1.12. The van der Waals surface area contributed by atoms with Crippen LogP contribution < -0.4 is 9.44 Å². The first kappa shape index (κ1) is 27.2. The van der Waals surface area contributed by atoms with E-state index in [9.17, 15) is 16.8 Å². The van der Waals surface area contributed by atoms with Crippen LogP contribution in [0.4, 0.5) is 11.4 Å². The number of benzene rings is 4. The lowest BCUT2D eigenvalue weighted by molar-refractivity contribution is 0.598. The lowest BCUT2D eigenvalue weighted by atomic mass is 10.1. The molecule has 4 aromatic rings. The maximum atomic E-state index is 13.5. The van der Waals surface area contributed by atoms with Crippen LogP contribution in [0.2, 0.25) is 0 Å². The minimum atomic E-state index is -3.93. The van der Waals surface area contributed by atoms with Crippen molar-refractivity contribution >= 4 is 58.1 Å². The molecule has 0 aliphatic rings. The van der Waals surface area contributed by atoms with Gasteiger partial charge in [-0.2, -0.15) is 0 Å². The van der Waals surface area contributed by atoms with Gasteiger partial charge in [-0.3, -0.25) is 9.44 Å². The van der Waals surface area contributed by atoms with Crippen LogP contribution in [-0.4, -0.2) is 16.8 Å². The molecule has 0 spiro atoms. The molecule has 37 heavy (non-hydrogen) atoms. The average Bonchev–Trinajstić information content (AvgIpc) is 2.74. The van der Waals surface area contributed by atoms with Crippen molar-refractivity contribution in [3.63, 3.8) is 0 Å². The second kappa shape index (κ2) is 9.78. The molecule has 4 aromatic carbocycles. The molecule has 0 aliphatic heterocycles. The van der Waals surface area contributed by atoms with Gasteiger partial charge in [0, 0.05) is 15.2 Å². The Kier molecular flexibility index (Phi) is 7.18. The third-order valence-corrected chi connectivity index (χ3v) is 10.2. The molecule has 0 unspecified atom stereocenters. The quantitative estimate of drug-likeness (QED) is 0.248. The molecule has 0 radical (unpaired) electrons. The molecule has 194 valence electrons. The van der Waals surface area contributed by atoms with Gasteiger partial charge in [-0.15, -0.1) is 0 Å². The van der Waals surface area contributed by atoms with Gasteiger partial charge in [0.2, 0.25) is 0 Å². The smallest absolute Gasteiger partial charge is 0.262 e. The SMILES string of the molecule is Cc1cc(C)c(S(=O)(=O)Nc2cc(Br)c(NS(=O)(=O)c3c(C)cc(C)cc3C)c3ccccc23)c(C)c1. The molecule has 0 aliphatic carbocycles. The van der Waals surface area contributed by atoms with E-state index in [1.54, 1.807) is 58.0 Å². The van der Waals surface area contributed by atoms with Crippen molar-refractivity contribution in [3.8, 4) is 0 Å². The number of anilines is 2. The molecular formula is C28H29BrN2O4S2. The van der Waals surface area contributed by atoms with Crippen LogP contribution in [0.3, 0.4) is 0 Å². The van der Waals surface area contributed by atoms with Gasteiger partial charge in [0.15, 0.2) is 0 Å². The molecule has 9 heteroatoms. The Labute approximate surface area is 227 Å². The molecule has 0 fully saturated rings. The zero-order chi connectivity index (χ0) is 27.3. The lowest BCUT2D eigenvalue weighted by Crippen LogP contribution is -2.18. The first-order valence-corrected chi connectivity index (χ1v) is 15.4. The highest BCUT2D eigenvalue weighted by molar-refractivity contribution is 9.10. The van der Waals surface area contributed by atoms with Gasteiger partial charge in [0.25, 0.3) is 20.0 Å². The lowest BCUT2D eigenvalue weighted by Gasteiger charge is -2.19. The minimum absolute atomic E-state index is 0.226. The van der Waals surface area contributed by atoms with Crippen molar-refractivity contribution in [1.82, 2.24) is 0 Å². The number of halogens is 1. The molecule has 0 saturated heterocycles. The Morgan fingerprint density at radius 2 is 1.00 bits per heavy atom. The van der Waals surface area contributed by atoms with E-state index in [4.69, 9.17) is 0 Å². The number of aryl methyl sites for hydroxylation is 6. The van der Waals surface area contributed by atoms with Crippen LogP contribution in [0, 0.1) is 41.5 Å². The molecule has 0 atom stereocenters. The van der Waals surface area contributed by atoms with Crippen LogP contribution >= 0.6 is 15.9 Å². The predicted octanol–water partition coefficient (Wildman–Crippen LogP) is 7.05. The van der Waals surface area contributed by atoms with Crippen molar-refractivity contribution in [2.24, 2.45) is 0 Å². The fourth-order valence-electron chi connectivity index (χ4n) is 5.09. The first-order chi connectivity index (χ1) is 17.2. The van der Waals surface area contributed by atoms with Gasteiger partial charge >= 0.3 is 0 Å². The second-order valence-electron chi connectivity index (χ2n) is 9.49. The summed E-state index contributed by atoms with van der Waals surface area (Å²) in [6.45, 7) is 10.9. The normalized spacial score (nSPS) is 12.1. The maximum absolute atomic E-state index is 13.5. The third kappa shape index (κ3) is 5.26. The van der Waals surface area contributed by atoms with E-state index in [2.05, 4.69) is 25.4 Å². The van der Waals surface area contributed by atoms with Crippen molar-refractivity contribution in [1.29, 1.82) is 0 Å². The fourth-order valence-corrected chi connectivity index (χ4v) is 8.85. The molecule has 2 N–H and O–H groups in total. The van der Waals surface area contributed by atoms with Gasteiger partial charge in [-0.25, -0.2) is 16.8 Å². The standard InChI is InChI=1S/C28H29BrN2O4S2/c1-16-11-18(3)27(19(4)12-16)36(32,33)30-25-15-24(29)26(23-10-8-7-9-22(23)25)31-37(34,35)28-20(5)13-17(2)14-21(28)6/h7-15,30-31H,1-6H3. The van der Waals surface area contributed by atoms with Crippen molar-refractivity contribution in [2.75, 3.05) is 9.44 Å². The zero-order valence-electron chi connectivity index (χ0n) is 21.5. The number of nitrogens with one attached hydrogen (secondary N) is 2. The summed E-state index contributed by atoms with van der Waals surface area (Å²) in [5.74, 6) is 0. The molecule has 0 saturated carbocycles. The Balaban J connectivity index is 1.83. The molecule has 6 nitrogen and oxygen atoms in total. The van der Waals surface area contributed by atoms with Crippen molar-refractivity contribution in [3.05, 3.63) is 92.5 Å². The summed E-state index contributed by atoms with van der Waals surface area (Å²) < 4.78 is 59.8. The number of fused-ring (bicyclic) bond motifs is 1. The number of rotatable bonds is 6. The van der Waals surface area contributed by atoms with Gasteiger partial charge in [0.1, 0.15) is 0 Å². The summed E-state index contributed by atoms with van der Waals surface area (Å²) in [5.41, 5.74) is 5.25. The van der Waals surface area contributed by atoms with E-state index < -0.39 is 20.0 Å². The van der Waals surface area contributed by atoms with E-state index in [0.717, 1.165) is 11.1 Å². The average molecular weight is 602 g/mol. The Morgan fingerprint density at radius 1 is 0.595 bits per heavy atom. The zero-order valence-corrected chi connectivity index (χ0v) is 24.7. The van der Waals surface area contributed by atoms with Crippen molar-refractivity contribution < 1.29 is 16.8 Å². The molecule has 0 amide bonds. The highest BCUT2D eigenvalue weighted by atomic mass is 79.9. The molecule has 0 bridgehead atoms. The van der Waals surface area contributed by atoms with E-state index in [1.807, 2.05) is 38.1 Å². The number of hydrogen-bond donors (Lipinski definition) is 2. The summed E-state index contributed by atoms with van der Waals surface area (Å²) in [4.78, 5) is 0.456. The van der Waals surface area contributed by atoms with E-state index >= 15 is 0 Å². The van der Waals surface area contributed by atoms with E-state index in [0.29, 0.717) is 48.9 Å². The van der Waals surface area contributed by atoms with Crippen LogP contribution in [-0.2, 0) is 20.0 Å². The Bertz CT molecular complexity index is 1730. The highest BCUT2D eigenvalue weighted by Gasteiger charge is 2.25. The molecule has 0 heterocycles.